The first-order valence-electron chi connectivity index (χ1n) is 7.89. The number of aryl methyl sites for hydroxylation is 1. The van der Waals surface area contributed by atoms with E-state index in [0.29, 0.717) is 16.9 Å². The number of aromatic nitrogens is 1. The van der Waals surface area contributed by atoms with Gasteiger partial charge in [0.2, 0.25) is 5.91 Å². The number of carbonyl (C=O) groups is 3. The van der Waals surface area contributed by atoms with Gasteiger partial charge in [0.1, 0.15) is 5.69 Å². The number of rotatable bonds is 6. The second-order valence-electron chi connectivity index (χ2n) is 5.29. The van der Waals surface area contributed by atoms with E-state index in [9.17, 15) is 14.4 Å². The maximum absolute atomic E-state index is 12.1. The van der Waals surface area contributed by atoms with Gasteiger partial charge in [-0.05, 0) is 50.2 Å². The van der Waals surface area contributed by atoms with Crippen LogP contribution in [0.1, 0.15) is 33.5 Å². The van der Waals surface area contributed by atoms with Crippen molar-refractivity contribution < 1.29 is 19.1 Å². The van der Waals surface area contributed by atoms with E-state index >= 15 is 0 Å². The van der Waals surface area contributed by atoms with Crippen LogP contribution in [0.25, 0.3) is 0 Å². The van der Waals surface area contributed by atoms with Crippen molar-refractivity contribution in [3.05, 3.63) is 57.8 Å². The Morgan fingerprint density at radius 1 is 1.12 bits per heavy atom. The standard InChI is InChI=1S/C18H18BrN3O4/c1-3-26-18(25)14-8-9-15(21-11(14)2)17(24)20-10-16(23)22-13-6-4-12(19)5-7-13/h4-9H,3,10H2,1-2H3,(H,20,24)(H,22,23). The average Bonchev–Trinajstić information content (AvgIpc) is 2.61. The van der Waals surface area contributed by atoms with E-state index < -0.39 is 11.9 Å². The number of ether oxygens (including phenoxy) is 1. The molecule has 136 valence electrons. The van der Waals surface area contributed by atoms with E-state index in [-0.39, 0.29) is 24.8 Å². The summed E-state index contributed by atoms with van der Waals surface area (Å²) in [6.45, 7) is 3.38. The molecule has 2 amide bonds. The summed E-state index contributed by atoms with van der Waals surface area (Å²) in [5.41, 5.74) is 1.43. The van der Waals surface area contributed by atoms with Crippen molar-refractivity contribution in [1.82, 2.24) is 10.3 Å². The highest BCUT2D eigenvalue weighted by Crippen LogP contribution is 2.14. The quantitative estimate of drug-likeness (QED) is 0.701. The Bertz CT molecular complexity index is 822. The molecule has 0 saturated carbocycles. The van der Waals surface area contributed by atoms with Crippen LogP contribution in [0, 0.1) is 6.92 Å². The number of hydrogen-bond acceptors (Lipinski definition) is 5. The molecule has 1 aromatic carbocycles. The molecule has 2 aromatic rings. The Labute approximate surface area is 159 Å². The fourth-order valence-corrected chi connectivity index (χ4v) is 2.37. The summed E-state index contributed by atoms with van der Waals surface area (Å²) in [7, 11) is 0. The van der Waals surface area contributed by atoms with Crippen LogP contribution < -0.4 is 10.6 Å². The summed E-state index contributed by atoms with van der Waals surface area (Å²) < 4.78 is 5.82. The number of carbonyl (C=O) groups excluding carboxylic acids is 3. The van der Waals surface area contributed by atoms with Gasteiger partial charge in [0.15, 0.2) is 0 Å². The van der Waals surface area contributed by atoms with Crippen LogP contribution in [0.3, 0.4) is 0 Å². The Hall–Kier alpha value is -2.74. The summed E-state index contributed by atoms with van der Waals surface area (Å²) in [4.78, 5) is 39.9. The zero-order valence-corrected chi connectivity index (χ0v) is 15.9. The zero-order chi connectivity index (χ0) is 19.1. The van der Waals surface area contributed by atoms with E-state index in [1.54, 1.807) is 38.1 Å². The maximum atomic E-state index is 12.1. The van der Waals surface area contributed by atoms with Crippen LogP contribution in [0.2, 0.25) is 0 Å². The van der Waals surface area contributed by atoms with Gasteiger partial charge in [-0.3, -0.25) is 9.59 Å². The first-order chi connectivity index (χ1) is 12.4. The third kappa shape index (κ3) is 5.38. The van der Waals surface area contributed by atoms with Gasteiger partial charge in [-0.15, -0.1) is 0 Å². The Morgan fingerprint density at radius 3 is 2.42 bits per heavy atom. The zero-order valence-electron chi connectivity index (χ0n) is 14.3. The first-order valence-corrected chi connectivity index (χ1v) is 8.68. The molecule has 1 aromatic heterocycles. The van der Waals surface area contributed by atoms with Gasteiger partial charge in [0.25, 0.3) is 5.91 Å². The lowest BCUT2D eigenvalue weighted by Crippen LogP contribution is -2.33. The number of hydrogen-bond donors (Lipinski definition) is 2. The fourth-order valence-electron chi connectivity index (χ4n) is 2.10. The summed E-state index contributed by atoms with van der Waals surface area (Å²) >= 11 is 3.31. The highest BCUT2D eigenvalue weighted by Gasteiger charge is 2.15. The molecule has 0 unspecified atom stereocenters. The average molecular weight is 420 g/mol. The lowest BCUT2D eigenvalue weighted by Gasteiger charge is -2.09. The Morgan fingerprint density at radius 2 is 1.81 bits per heavy atom. The third-order valence-corrected chi connectivity index (χ3v) is 3.88. The van der Waals surface area contributed by atoms with Crippen molar-refractivity contribution in [2.45, 2.75) is 13.8 Å². The number of halogens is 1. The summed E-state index contributed by atoms with van der Waals surface area (Å²) in [6.07, 6.45) is 0. The molecule has 0 bridgehead atoms. The summed E-state index contributed by atoms with van der Waals surface area (Å²) in [5, 5.41) is 5.16. The van der Waals surface area contributed by atoms with Crippen LogP contribution in [-0.4, -0.2) is 35.9 Å². The van der Waals surface area contributed by atoms with Gasteiger partial charge in [-0.2, -0.15) is 0 Å². The van der Waals surface area contributed by atoms with Gasteiger partial charge in [-0.1, -0.05) is 15.9 Å². The fraction of sp³-hybridized carbons (Fsp3) is 0.222. The predicted octanol–water partition coefficient (Wildman–Crippen LogP) is 2.70. The van der Waals surface area contributed by atoms with Crippen LogP contribution in [-0.2, 0) is 9.53 Å². The van der Waals surface area contributed by atoms with Crippen molar-refractivity contribution in [1.29, 1.82) is 0 Å². The summed E-state index contributed by atoms with van der Waals surface area (Å²) in [5.74, 6) is -1.35. The molecule has 26 heavy (non-hydrogen) atoms. The highest BCUT2D eigenvalue weighted by atomic mass is 79.9. The molecule has 2 rings (SSSR count). The predicted molar refractivity (Wildman–Crippen MR) is 100 cm³/mol. The molecule has 0 fully saturated rings. The van der Waals surface area contributed by atoms with E-state index in [4.69, 9.17) is 4.74 Å². The van der Waals surface area contributed by atoms with Gasteiger partial charge >= 0.3 is 5.97 Å². The van der Waals surface area contributed by atoms with Gasteiger partial charge in [0, 0.05) is 10.2 Å². The lowest BCUT2D eigenvalue weighted by atomic mass is 10.2. The normalized spacial score (nSPS) is 10.1. The van der Waals surface area contributed by atoms with Gasteiger partial charge in [-0.25, -0.2) is 9.78 Å². The molecule has 0 aliphatic heterocycles. The third-order valence-electron chi connectivity index (χ3n) is 3.35. The molecular weight excluding hydrogens is 402 g/mol. The molecule has 0 atom stereocenters. The van der Waals surface area contributed by atoms with E-state index in [0.717, 1.165) is 4.47 Å². The minimum atomic E-state index is -0.505. The first kappa shape index (κ1) is 19.6. The van der Waals surface area contributed by atoms with Crippen molar-refractivity contribution >= 4 is 39.4 Å². The molecule has 0 aliphatic carbocycles. The van der Waals surface area contributed by atoms with Crippen molar-refractivity contribution in [3.63, 3.8) is 0 Å². The molecule has 0 spiro atoms. The van der Waals surface area contributed by atoms with Gasteiger partial charge < -0.3 is 15.4 Å². The second kappa shape index (κ2) is 9.10. The number of nitrogens with zero attached hydrogens (tertiary/aromatic N) is 1. The maximum Gasteiger partial charge on any atom is 0.339 e. The van der Waals surface area contributed by atoms with Crippen LogP contribution >= 0.6 is 15.9 Å². The minimum absolute atomic E-state index is 0.118. The number of esters is 1. The smallest absolute Gasteiger partial charge is 0.339 e. The van der Waals surface area contributed by atoms with Crippen LogP contribution in [0.15, 0.2) is 40.9 Å². The van der Waals surface area contributed by atoms with Crippen molar-refractivity contribution in [2.24, 2.45) is 0 Å². The molecule has 8 heteroatoms. The highest BCUT2D eigenvalue weighted by molar-refractivity contribution is 9.10. The molecule has 0 radical (unpaired) electrons. The van der Waals surface area contributed by atoms with E-state index in [1.165, 1.54) is 12.1 Å². The van der Waals surface area contributed by atoms with Crippen molar-refractivity contribution in [3.8, 4) is 0 Å². The van der Waals surface area contributed by atoms with E-state index in [1.807, 2.05) is 0 Å². The lowest BCUT2D eigenvalue weighted by molar-refractivity contribution is -0.115. The number of amides is 2. The number of anilines is 1. The molecule has 0 saturated heterocycles. The van der Waals surface area contributed by atoms with Gasteiger partial charge in [0.05, 0.1) is 24.4 Å². The monoisotopic (exact) mass is 419 g/mol. The SMILES string of the molecule is CCOC(=O)c1ccc(C(=O)NCC(=O)Nc2ccc(Br)cc2)nc1C. The number of pyridine rings is 1. The number of benzene rings is 1. The Balaban J connectivity index is 1.93. The molecular formula is C18H18BrN3O4. The molecule has 1 heterocycles. The topological polar surface area (TPSA) is 97.4 Å². The van der Waals surface area contributed by atoms with E-state index in [2.05, 4.69) is 31.5 Å². The molecule has 7 nitrogen and oxygen atoms in total. The minimum Gasteiger partial charge on any atom is -0.462 e. The second-order valence-corrected chi connectivity index (χ2v) is 6.20. The van der Waals surface area contributed by atoms with Crippen LogP contribution in [0.5, 0.6) is 0 Å². The van der Waals surface area contributed by atoms with Crippen LogP contribution in [0.4, 0.5) is 5.69 Å². The molecule has 0 aliphatic rings. The molecule has 2 N–H and O–H groups in total. The van der Waals surface area contributed by atoms with Crippen molar-refractivity contribution in [2.75, 3.05) is 18.5 Å². The Kier molecular flexibility index (Phi) is 6.85. The largest absolute Gasteiger partial charge is 0.462 e. The number of nitrogens with one attached hydrogen (secondary N) is 2. The summed E-state index contributed by atoms with van der Waals surface area (Å²) in [6, 6.07) is 9.97.